The summed E-state index contributed by atoms with van der Waals surface area (Å²) in [5.74, 6) is -0.948. The highest BCUT2D eigenvalue weighted by molar-refractivity contribution is 8.00. The van der Waals surface area contributed by atoms with Crippen molar-refractivity contribution in [1.82, 2.24) is 5.32 Å². The highest BCUT2D eigenvalue weighted by atomic mass is 32.2. The molecule has 0 spiro atoms. The van der Waals surface area contributed by atoms with Crippen molar-refractivity contribution in [2.24, 2.45) is 0 Å². The van der Waals surface area contributed by atoms with Crippen LogP contribution in [0.25, 0.3) is 0 Å². The van der Waals surface area contributed by atoms with Crippen molar-refractivity contribution >= 4 is 23.6 Å². The SMILES string of the molecule is CCCCCCCCCCCCC=CC(SCCC(=O)NCC(=O)O)C(O)CO. The fourth-order valence-electron chi connectivity index (χ4n) is 2.93. The Morgan fingerprint density at radius 1 is 1.00 bits per heavy atom. The van der Waals surface area contributed by atoms with Gasteiger partial charge in [-0.1, -0.05) is 76.9 Å². The molecule has 0 aromatic rings. The Kier molecular flexibility index (Phi) is 19.5. The van der Waals surface area contributed by atoms with Gasteiger partial charge < -0.3 is 20.6 Å². The first kappa shape index (κ1) is 27.9. The molecule has 0 aliphatic carbocycles. The molecule has 0 saturated heterocycles. The lowest BCUT2D eigenvalue weighted by Crippen LogP contribution is -2.30. The average Bonchev–Trinajstić information content (AvgIpc) is 2.71. The lowest BCUT2D eigenvalue weighted by Gasteiger charge is -2.17. The van der Waals surface area contributed by atoms with Gasteiger partial charge in [0.15, 0.2) is 0 Å². The summed E-state index contributed by atoms with van der Waals surface area (Å²) < 4.78 is 0. The highest BCUT2D eigenvalue weighted by Crippen LogP contribution is 2.18. The van der Waals surface area contributed by atoms with E-state index in [4.69, 9.17) is 5.11 Å². The third kappa shape index (κ3) is 18.7. The average molecular weight is 432 g/mol. The number of aliphatic hydroxyl groups excluding tert-OH is 2. The maximum atomic E-state index is 11.5. The van der Waals surface area contributed by atoms with E-state index in [-0.39, 0.29) is 30.7 Å². The summed E-state index contributed by atoms with van der Waals surface area (Å²) in [6, 6.07) is 0. The van der Waals surface area contributed by atoms with Crippen molar-refractivity contribution in [3.05, 3.63) is 12.2 Å². The Morgan fingerprint density at radius 2 is 1.59 bits per heavy atom. The molecule has 0 aliphatic heterocycles. The molecule has 0 saturated carbocycles. The maximum Gasteiger partial charge on any atom is 0.322 e. The van der Waals surface area contributed by atoms with Crippen LogP contribution in [0, 0.1) is 0 Å². The van der Waals surface area contributed by atoms with Crippen molar-refractivity contribution < 1.29 is 24.9 Å². The third-order valence-corrected chi connectivity index (χ3v) is 5.99. The van der Waals surface area contributed by atoms with Gasteiger partial charge in [-0.15, -0.1) is 0 Å². The molecule has 6 nitrogen and oxygen atoms in total. The Morgan fingerprint density at radius 3 is 2.14 bits per heavy atom. The number of carboxylic acids is 1. The first-order valence-electron chi connectivity index (χ1n) is 11.1. The van der Waals surface area contributed by atoms with Gasteiger partial charge in [0.05, 0.1) is 18.0 Å². The number of aliphatic hydroxyl groups is 2. The Balaban J connectivity index is 3.85. The zero-order chi connectivity index (χ0) is 21.7. The number of allylic oxidation sites excluding steroid dienone is 1. The molecule has 0 fully saturated rings. The monoisotopic (exact) mass is 431 g/mol. The number of amides is 1. The molecule has 0 aromatic heterocycles. The molecule has 0 radical (unpaired) electrons. The van der Waals surface area contributed by atoms with Crippen LogP contribution in [0.2, 0.25) is 0 Å². The standard InChI is InChI=1S/C22H41NO5S/c1-2-3-4-5-6-7-8-9-10-11-12-13-14-20(19(25)18-24)29-16-15-21(26)23-17-22(27)28/h13-14,19-20,24-25H,2-12,15-18H2,1H3,(H,23,26)(H,27,28). The van der Waals surface area contributed by atoms with Crippen LogP contribution in [0.3, 0.4) is 0 Å². The van der Waals surface area contributed by atoms with E-state index in [0.717, 1.165) is 12.8 Å². The number of hydrogen-bond acceptors (Lipinski definition) is 5. The van der Waals surface area contributed by atoms with Crippen LogP contribution in [0.1, 0.15) is 84.0 Å². The van der Waals surface area contributed by atoms with E-state index >= 15 is 0 Å². The molecule has 2 atom stereocenters. The van der Waals surface area contributed by atoms with E-state index in [1.807, 2.05) is 12.2 Å². The summed E-state index contributed by atoms with van der Waals surface area (Å²) in [5.41, 5.74) is 0. The summed E-state index contributed by atoms with van der Waals surface area (Å²) in [6.45, 7) is 1.53. The zero-order valence-electron chi connectivity index (χ0n) is 18.0. The van der Waals surface area contributed by atoms with E-state index in [2.05, 4.69) is 12.2 Å². The van der Waals surface area contributed by atoms with Crippen molar-refractivity contribution in [3.8, 4) is 0 Å². The van der Waals surface area contributed by atoms with Crippen LogP contribution in [0.4, 0.5) is 0 Å². The molecule has 7 heteroatoms. The number of carboxylic acid groups (broad SMARTS) is 1. The second-order valence-electron chi connectivity index (χ2n) is 7.40. The normalized spacial score (nSPS) is 13.5. The topological polar surface area (TPSA) is 107 Å². The fourth-order valence-corrected chi connectivity index (χ4v) is 4.03. The van der Waals surface area contributed by atoms with Gasteiger partial charge >= 0.3 is 5.97 Å². The number of aliphatic carboxylic acids is 1. The van der Waals surface area contributed by atoms with Crippen molar-refractivity contribution in [2.45, 2.75) is 95.3 Å². The van der Waals surface area contributed by atoms with Gasteiger partial charge in [0.25, 0.3) is 0 Å². The number of nitrogens with one attached hydrogen (secondary N) is 1. The predicted octanol–water partition coefficient (Wildman–Crippen LogP) is 3.90. The molecule has 0 bridgehead atoms. The molecule has 0 aromatic carbocycles. The number of rotatable bonds is 20. The van der Waals surface area contributed by atoms with Gasteiger partial charge in [0, 0.05) is 12.2 Å². The number of thioether (sulfide) groups is 1. The van der Waals surface area contributed by atoms with Crippen LogP contribution in [-0.4, -0.2) is 57.5 Å². The van der Waals surface area contributed by atoms with Crippen LogP contribution >= 0.6 is 11.8 Å². The summed E-state index contributed by atoms with van der Waals surface area (Å²) >= 11 is 1.39. The molecule has 0 rings (SSSR count). The van der Waals surface area contributed by atoms with Crippen molar-refractivity contribution in [3.63, 3.8) is 0 Å². The summed E-state index contributed by atoms with van der Waals surface area (Å²) in [5, 5.41) is 29.7. The molecule has 170 valence electrons. The fraction of sp³-hybridized carbons (Fsp3) is 0.818. The first-order valence-corrected chi connectivity index (χ1v) is 12.1. The molecule has 2 unspecified atom stereocenters. The second-order valence-corrected chi connectivity index (χ2v) is 8.69. The molecular weight excluding hydrogens is 390 g/mol. The number of unbranched alkanes of at least 4 members (excludes halogenated alkanes) is 10. The van der Waals surface area contributed by atoms with Crippen molar-refractivity contribution in [2.75, 3.05) is 18.9 Å². The van der Waals surface area contributed by atoms with Gasteiger partial charge in [-0.3, -0.25) is 9.59 Å². The Hall–Kier alpha value is -1.05. The molecule has 4 N–H and O–H groups in total. The molecule has 0 aliphatic rings. The molecule has 0 heterocycles. The van der Waals surface area contributed by atoms with Crippen LogP contribution in [0.15, 0.2) is 12.2 Å². The number of carbonyl (C=O) groups excluding carboxylic acids is 1. The minimum atomic E-state index is -1.07. The molecule has 29 heavy (non-hydrogen) atoms. The maximum absolute atomic E-state index is 11.5. The van der Waals surface area contributed by atoms with Crippen LogP contribution < -0.4 is 5.32 Å². The minimum absolute atomic E-state index is 0.179. The number of hydrogen-bond donors (Lipinski definition) is 4. The largest absolute Gasteiger partial charge is 0.480 e. The summed E-state index contributed by atoms with van der Waals surface area (Å²) in [6.07, 6.45) is 17.2. The molecular formula is C22H41NO5S. The lowest BCUT2D eigenvalue weighted by molar-refractivity contribution is -0.137. The van der Waals surface area contributed by atoms with Gasteiger partial charge in [0.2, 0.25) is 5.91 Å². The summed E-state index contributed by atoms with van der Waals surface area (Å²) in [4.78, 5) is 21.9. The van der Waals surface area contributed by atoms with Crippen LogP contribution in [0.5, 0.6) is 0 Å². The smallest absolute Gasteiger partial charge is 0.322 e. The predicted molar refractivity (Wildman–Crippen MR) is 120 cm³/mol. The second kappa shape index (κ2) is 20.2. The van der Waals surface area contributed by atoms with Crippen molar-refractivity contribution in [1.29, 1.82) is 0 Å². The van der Waals surface area contributed by atoms with E-state index in [1.165, 1.54) is 69.5 Å². The van der Waals surface area contributed by atoms with E-state index < -0.39 is 12.1 Å². The zero-order valence-corrected chi connectivity index (χ0v) is 18.8. The van der Waals surface area contributed by atoms with E-state index in [9.17, 15) is 19.8 Å². The van der Waals surface area contributed by atoms with Gasteiger partial charge in [-0.05, 0) is 12.8 Å². The summed E-state index contributed by atoms with van der Waals surface area (Å²) in [7, 11) is 0. The Bertz CT molecular complexity index is 445. The van der Waals surface area contributed by atoms with Crippen LogP contribution in [-0.2, 0) is 9.59 Å². The lowest BCUT2D eigenvalue weighted by atomic mass is 10.1. The number of carbonyl (C=O) groups is 2. The van der Waals surface area contributed by atoms with Gasteiger partial charge in [0.1, 0.15) is 6.54 Å². The first-order chi connectivity index (χ1) is 14.0. The third-order valence-electron chi connectivity index (χ3n) is 4.69. The quantitative estimate of drug-likeness (QED) is 0.172. The van der Waals surface area contributed by atoms with Gasteiger partial charge in [-0.2, -0.15) is 11.8 Å². The highest BCUT2D eigenvalue weighted by Gasteiger charge is 2.16. The Labute approximate surface area is 180 Å². The van der Waals surface area contributed by atoms with E-state index in [0.29, 0.717) is 5.75 Å². The molecule has 1 amide bonds. The van der Waals surface area contributed by atoms with E-state index in [1.54, 1.807) is 0 Å². The van der Waals surface area contributed by atoms with Gasteiger partial charge in [-0.25, -0.2) is 0 Å². The minimum Gasteiger partial charge on any atom is -0.480 e.